The SMILES string of the molecule is C=CCN1CCN(C(=O)c2ccccn2)C[C@@H](Cc2ccc(-c3ccncc3)cc2)C1=O. The Morgan fingerprint density at radius 1 is 1.00 bits per heavy atom. The quantitative estimate of drug-likeness (QED) is 0.566. The minimum Gasteiger partial charge on any atom is -0.337 e. The van der Waals surface area contributed by atoms with Gasteiger partial charge in [-0.05, 0) is 47.4 Å². The third-order valence-electron chi connectivity index (χ3n) is 5.71. The zero-order valence-corrected chi connectivity index (χ0v) is 17.9. The molecule has 1 saturated heterocycles. The second-order valence-electron chi connectivity index (χ2n) is 7.87. The Bertz CT molecular complexity index is 1070. The van der Waals surface area contributed by atoms with E-state index in [9.17, 15) is 9.59 Å². The van der Waals surface area contributed by atoms with Gasteiger partial charge < -0.3 is 9.80 Å². The summed E-state index contributed by atoms with van der Waals surface area (Å²) in [5.41, 5.74) is 3.66. The van der Waals surface area contributed by atoms with Crippen molar-refractivity contribution in [1.29, 1.82) is 0 Å². The number of pyridine rings is 2. The number of rotatable bonds is 6. The molecule has 6 heteroatoms. The van der Waals surface area contributed by atoms with Crippen LogP contribution in [-0.2, 0) is 11.2 Å². The first-order valence-electron chi connectivity index (χ1n) is 10.7. The average molecular weight is 427 g/mol. The van der Waals surface area contributed by atoms with Crippen molar-refractivity contribution in [2.24, 2.45) is 5.92 Å². The summed E-state index contributed by atoms with van der Waals surface area (Å²) in [6.07, 6.45) is 7.45. The predicted molar refractivity (Wildman–Crippen MR) is 124 cm³/mol. The second-order valence-corrected chi connectivity index (χ2v) is 7.87. The largest absolute Gasteiger partial charge is 0.337 e. The second kappa shape index (κ2) is 10.0. The molecule has 0 saturated carbocycles. The summed E-state index contributed by atoms with van der Waals surface area (Å²) in [5, 5.41) is 0. The van der Waals surface area contributed by atoms with Crippen LogP contribution in [0.4, 0.5) is 0 Å². The maximum atomic E-state index is 13.3. The summed E-state index contributed by atoms with van der Waals surface area (Å²) < 4.78 is 0. The predicted octanol–water partition coefficient (Wildman–Crippen LogP) is 3.47. The molecule has 0 bridgehead atoms. The number of aromatic nitrogens is 2. The van der Waals surface area contributed by atoms with Crippen LogP contribution < -0.4 is 0 Å². The van der Waals surface area contributed by atoms with Crippen LogP contribution in [0.1, 0.15) is 16.1 Å². The molecule has 4 rings (SSSR count). The zero-order valence-electron chi connectivity index (χ0n) is 17.9. The van der Waals surface area contributed by atoms with E-state index in [2.05, 4.69) is 40.8 Å². The van der Waals surface area contributed by atoms with Gasteiger partial charge in [0.1, 0.15) is 5.69 Å². The van der Waals surface area contributed by atoms with Gasteiger partial charge in [-0.15, -0.1) is 6.58 Å². The van der Waals surface area contributed by atoms with Crippen molar-refractivity contribution >= 4 is 11.8 Å². The van der Waals surface area contributed by atoms with E-state index in [1.807, 2.05) is 12.1 Å². The van der Waals surface area contributed by atoms with E-state index in [4.69, 9.17) is 0 Å². The van der Waals surface area contributed by atoms with Gasteiger partial charge in [-0.3, -0.25) is 19.6 Å². The molecule has 1 atom stereocenters. The monoisotopic (exact) mass is 426 g/mol. The van der Waals surface area contributed by atoms with E-state index >= 15 is 0 Å². The first-order chi connectivity index (χ1) is 15.7. The van der Waals surface area contributed by atoms with Crippen LogP contribution in [0.5, 0.6) is 0 Å². The third kappa shape index (κ3) is 4.91. The molecular weight excluding hydrogens is 400 g/mol. The number of carbonyl (C=O) groups is 2. The van der Waals surface area contributed by atoms with Gasteiger partial charge in [0.05, 0.1) is 5.92 Å². The van der Waals surface area contributed by atoms with E-state index in [0.29, 0.717) is 38.3 Å². The highest BCUT2D eigenvalue weighted by Crippen LogP contribution is 2.22. The lowest BCUT2D eigenvalue weighted by Gasteiger charge is -2.23. The van der Waals surface area contributed by atoms with Crippen molar-refractivity contribution in [3.05, 3.63) is 97.1 Å². The van der Waals surface area contributed by atoms with E-state index in [-0.39, 0.29) is 17.7 Å². The summed E-state index contributed by atoms with van der Waals surface area (Å²) in [6, 6.07) is 17.5. The summed E-state index contributed by atoms with van der Waals surface area (Å²) in [7, 11) is 0. The Hall–Kier alpha value is -3.80. The summed E-state index contributed by atoms with van der Waals surface area (Å²) in [4.78, 5) is 38.1. The molecule has 0 unspecified atom stereocenters. The average Bonchev–Trinajstić information content (AvgIpc) is 3.00. The van der Waals surface area contributed by atoms with Crippen LogP contribution in [0.25, 0.3) is 11.1 Å². The van der Waals surface area contributed by atoms with Gasteiger partial charge >= 0.3 is 0 Å². The molecule has 3 heterocycles. The molecule has 2 amide bonds. The minimum absolute atomic E-state index is 0.0550. The zero-order chi connectivity index (χ0) is 22.3. The van der Waals surface area contributed by atoms with E-state index in [0.717, 1.165) is 16.7 Å². The normalized spacial score (nSPS) is 16.5. The fourth-order valence-electron chi connectivity index (χ4n) is 4.03. The van der Waals surface area contributed by atoms with Gasteiger partial charge in [0.15, 0.2) is 0 Å². The number of hydrogen-bond donors (Lipinski definition) is 0. The number of hydrogen-bond acceptors (Lipinski definition) is 4. The van der Waals surface area contributed by atoms with Crippen molar-refractivity contribution in [3.63, 3.8) is 0 Å². The maximum absolute atomic E-state index is 13.3. The van der Waals surface area contributed by atoms with Crippen molar-refractivity contribution in [2.45, 2.75) is 6.42 Å². The smallest absolute Gasteiger partial charge is 0.272 e. The standard InChI is InChI=1S/C26H26N4O2/c1-2-15-29-16-17-30(26(32)24-5-3-4-12-28-24)19-23(25(29)31)18-20-6-8-21(9-7-20)22-10-13-27-14-11-22/h2-14,23H,1,15-19H2/t23-/m1/s1. The van der Waals surface area contributed by atoms with Gasteiger partial charge in [-0.2, -0.15) is 0 Å². The summed E-state index contributed by atoms with van der Waals surface area (Å²) in [6.45, 7) is 5.59. The molecule has 6 nitrogen and oxygen atoms in total. The molecule has 0 spiro atoms. The lowest BCUT2D eigenvalue weighted by atomic mass is 9.95. The first-order valence-corrected chi connectivity index (χ1v) is 10.7. The molecule has 0 aliphatic carbocycles. The third-order valence-corrected chi connectivity index (χ3v) is 5.71. The molecule has 32 heavy (non-hydrogen) atoms. The minimum atomic E-state index is -0.322. The highest BCUT2D eigenvalue weighted by Gasteiger charge is 2.32. The Morgan fingerprint density at radius 3 is 2.44 bits per heavy atom. The van der Waals surface area contributed by atoms with Crippen LogP contribution in [0, 0.1) is 5.92 Å². The number of benzene rings is 1. The Labute approximate surface area is 188 Å². The lowest BCUT2D eigenvalue weighted by Crippen LogP contribution is -2.38. The van der Waals surface area contributed by atoms with Gasteiger partial charge in [0.25, 0.3) is 5.91 Å². The Kier molecular flexibility index (Phi) is 6.70. The molecule has 3 aromatic rings. The molecule has 1 aliphatic rings. The molecule has 1 fully saturated rings. The number of nitrogens with zero attached hydrogens (tertiary/aromatic N) is 4. The topological polar surface area (TPSA) is 66.4 Å². The van der Waals surface area contributed by atoms with Crippen molar-refractivity contribution in [1.82, 2.24) is 19.8 Å². The number of carbonyl (C=O) groups excluding carboxylic acids is 2. The van der Waals surface area contributed by atoms with E-state index < -0.39 is 0 Å². The van der Waals surface area contributed by atoms with Crippen molar-refractivity contribution in [3.8, 4) is 11.1 Å². The highest BCUT2D eigenvalue weighted by molar-refractivity contribution is 5.93. The molecule has 0 N–H and O–H groups in total. The molecule has 1 aliphatic heterocycles. The maximum Gasteiger partial charge on any atom is 0.272 e. The van der Waals surface area contributed by atoms with Crippen molar-refractivity contribution in [2.75, 3.05) is 26.2 Å². The van der Waals surface area contributed by atoms with Crippen LogP contribution in [0.15, 0.2) is 85.8 Å². The number of amides is 2. The summed E-state index contributed by atoms with van der Waals surface area (Å²) in [5.74, 6) is -0.409. The highest BCUT2D eigenvalue weighted by atomic mass is 16.2. The van der Waals surface area contributed by atoms with E-state index in [1.54, 1.807) is 52.7 Å². The Balaban J connectivity index is 1.54. The molecular formula is C26H26N4O2. The molecule has 162 valence electrons. The van der Waals surface area contributed by atoms with Crippen molar-refractivity contribution < 1.29 is 9.59 Å². The van der Waals surface area contributed by atoms with Gasteiger partial charge in [0, 0.05) is 44.8 Å². The van der Waals surface area contributed by atoms with Crippen LogP contribution in [0.2, 0.25) is 0 Å². The molecule has 0 radical (unpaired) electrons. The lowest BCUT2D eigenvalue weighted by molar-refractivity contribution is -0.134. The molecule has 1 aromatic carbocycles. The van der Waals surface area contributed by atoms with Gasteiger partial charge in [-0.25, -0.2) is 0 Å². The van der Waals surface area contributed by atoms with Crippen LogP contribution >= 0.6 is 0 Å². The van der Waals surface area contributed by atoms with Crippen LogP contribution in [-0.4, -0.2) is 57.8 Å². The fraction of sp³-hybridized carbons (Fsp3) is 0.231. The van der Waals surface area contributed by atoms with Gasteiger partial charge in [-0.1, -0.05) is 36.4 Å². The summed E-state index contributed by atoms with van der Waals surface area (Å²) >= 11 is 0. The van der Waals surface area contributed by atoms with Gasteiger partial charge in [0.2, 0.25) is 5.91 Å². The Morgan fingerprint density at radius 2 is 1.75 bits per heavy atom. The first kappa shape index (κ1) is 21.4. The van der Waals surface area contributed by atoms with E-state index in [1.165, 1.54) is 0 Å². The molecule has 2 aromatic heterocycles. The van der Waals surface area contributed by atoms with Crippen LogP contribution in [0.3, 0.4) is 0 Å². The fourth-order valence-corrected chi connectivity index (χ4v) is 4.03.